The van der Waals surface area contributed by atoms with E-state index in [4.69, 9.17) is 0 Å². The van der Waals surface area contributed by atoms with Crippen molar-refractivity contribution in [2.75, 3.05) is 6.26 Å². The zero-order chi connectivity index (χ0) is 5.11. The maximum Gasteiger partial charge on any atom is 0.285 e. The molecule has 3 nitrogen and oxygen atoms in total. The molecule has 0 N–H and O–H groups in total. The lowest BCUT2D eigenvalue weighted by molar-refractivity contribution is 0.340. The van der Waals surface area contributed by atoms with Crippen LogP contribution in [-0.2, 0) is 0 Å². The molecule has 0 radical (unpaired) electrons. The van der Waals surface area contributed by atoms with Gasteiger partial charge in [0.2, 0.25) is 0 Å². The molecule has 0 atom stereocenters. The average Bonchev–Trinajstić information content (AvgIpc) is 2.14. The molecule has 0 spiro atoms. The number of hydrogen-bond donors (Lipinski definition) is 0. The van der Waals surface area contributed by atoms with Gasteiger partial charge in [0, 0.05) is 0 Å². The van der Waals surface area contributed by atoms with Gasteiger partial charge in [0.05, 0.1) is 0 Å². The molecular weight excluding hydrogens is 112 g/mol. The van der Waals surface area contributed by atoms with Gasteiger partial charge in [-0.15, -0.1) is 0 Å². The third-order valence-corrected chi connectivity index (χ3v) is 1.04. The number of thioether (sulfide) groups is 1. The molecule has 0 unspecified atom stereocenters. The molecule has 0 saturated heterocycles. The molecule has 1 aromatic heterocycles. The zero-order valence-electron chi connectivity index (χ0n) is 3.79. The summed E-state index contributed by atoms with van der Waals surface area (Å²) in [6.45, 7) is 0. The first-order valence-corrected chi connectivity index (χ1v) is 2.96. The van der Waals surface area contributed by atoms with Gasteiger partial charge in [-0.3, -0.25) is 0 Å². The van der Waals surface area contributed by atoms with Crippen LogP contribution < -0.4 is 0 Å². The van der Waals surface area contributed by atoms with Gasteiger partial charge >= 0.3 is 0 Å². The first-order chi connectivity index (χ1) is 3.43. The Morgan fingerprint density at radius 1 is 1.86 bits per heavy atom. The topological polar surface area (TPSA) is 38.9 Å². The fraction of sp³-hybridized carbons (Fsp3) is 0.333. The highest BCUT2D eigenvalue weighted by Gasteiger charge is 1.89. The Morgan fingerprint density at radius 3 is 3.00 bits per heavy atom. The van der Waals surface area contributed by atoms with Crippen LogP contribution in [0.2, 0.25) is 0 Å². The minimum atomic E-state index is 0.611. The SMILES string of the molecule is CSc1ncno1. The van der Waals surface area contributed by atoms with E-state index >= 15 is 0 Å². The van der Waals surface area contributed by atoms with Crippen molar-refractivity contribution < 1.29 is 4.52 Å². The van der Waals surface area contributed by atoms with Gasteiger partial charge in [-0.05, 0) is 6.26 Å². The maximum absolute atomic E-state index is 4.58. The summed E-state index contributed by atoms with van der Waals surface area (Å²) in [5.41, 5.74) is 0. The van der Waals surface area contributed by atoms with E-state index in [0.717, 1.165) is 0 Å². The van der Waals surface area contributed by atoms with Gasteiger partial charge < -0.3 is 4.52 Å². The van der Waals surface area contributed by atoms with Crippen LogP contribution in [0.1, 0.15) is 0 Å². The van der Waals surface area contributed by atoms with Crippen molar-refractivity contribution in [2.45, 2.75) is 5.22 Å². The van der Waals surface area contributed by atoms with Crippen LogP contribution in [0.15, 0.2) is 16.1 Å². The number of nitrogens with zero attached hydrogens (tertiary/aromatic N) is 2. The normalized spacial score (nSPS) is 9.29. The van der Waals surface area contributed by atoms with Crippen molar-refractivity contribution in [1.29, 1.82) is 0 Å². The molecule has 0 fully saturated rings. The Morgan fingerprint density at radius 2 is 2.71 bits per heavy atom. The van der Waals surface area contributed by atoms with Crippen LogP contribution in [0.25, 0.3) is 0 Å². The summed E-state index contributed by atoms with van der Waals surface area (Å²) in [7, 11) is 0. The minimum Gasteiger partial charge on any atom is -0.328 e. The van der Waals surface area contributed by atoms with E-state index in [1.54, 1.807) is 0 Å². The van der Waals surface area contributed by atoms with Crippen molar-refractivity contribution in [3.63, 3.8) is 0 Å². The first-order valence-electron chi connectivity index (χ1n) is 1.74. The van der Waals surface area contributed by atoms with Gasteiger partial charge in [0.15, 0.2) is 6.33 Å². The third kappa shape index (κ3) is 0.928. The molecule has 0 bridgehead atoms. The van der Waals surface area contributed by atoms with Crippen LogP contribution in [0, 0.1) is 0 Å². The van der Waals surface area contributed by atoms with E-state index in [2.05, 4.69) is 14.7 Å². The Kier molecular flexibility index (Phi) is 1.31. The van der Waals surface area contributed by atoms with Gasteiger partial charge in [0.25, 0.3) is 5.22 Å². The van der Waals surface area contributed by atoms with E-state index in [-0.39, 0.29) is 0 Å². The second-order valence-corrected chi connectivity index (χ2v) is 1.67. The quantitative estimate of drug-likeness (QED) is 0.508. The van der Waals surface area contributed by atoms with E-state index in [1.165, 1.54) is 18.1 Å². The monoisotopic (exact) mass is 116 g/mol. The molecule has 0 aromatic carbocycles. The second-order valence-electron chi connectivity index (χ2n) is 0.911. The summed E-state index contributed by atoms with van der Waals surface area (Å²) in [4.78, 5) is 3.72. The van der Waals surface area contributed by atoms with Crippen LogP contribution in [0.3, 0.4) is 0 Å². The molecular formula is C3H4N2OS. The fourth-order valence-corrected chi connectivity index (χ4v) is 0.523. The van der Waals surface area contributed by atoms with Gasteiger partial charge in [-0.1, -0.05) is 16.9 Å². The summed E-state index contributed by atoms with van der Waals surface area (Å²) in [6.07, 6.45) is 3.26. The predicted octanol–water partition coefficient (Wildman–Crippen LogP) is 0.791. The van der Waals surface area contributed by atoms with E-state index in [1.807, 2.05) is 6.26 Å². The fourth-order valence-electron chi connectivity index (χ4n) is 0.253. The van der Waals surface area contributed by atoms with Crippen molar-refractivity contribution >= 4 is 11.8 Å². The lowest BCUT2D eigenvalue weighted by Crippen LogP contribution is -1.60. The zero-order valence-corrected chi connectivity index (χ0v) is 4.60. The van der Waals surface area contributed by atoms with Crippen molar-refractivity contribution in [1.82, 2.24) is 10.1 Å². The molecule has 1 rings (SSSR count). The van der Waals surface area contributed by atoms with Crippen LogP contribution in [-0.4, -0.2) is 16.4 Å². The summed E-state index contributed by atoms with van der Waals surface area (Å²) < 4.78 is 4.58. The second kappa shape index (κ2) is 1.97. The van der Waals surface area contributed by atoms with Gasteiger partial charge in [-0.25, -0.2) is 0 Å². The molecule has 4 heteroatoms. The smallest absolute Gasteiger partial charge is 0.285 e. The van der Waals surface area contributed by atoms with Crippen LogP contribution in [0.4, 0.5) is 0 Å². The molecule has 0 saturated carbocycles. The molecule has 0 amide bonds. The standard InChI is InChI=1S/C3H4N2OS/c1-7-3-4-2-5-6-3/h2H,1H3. The summed E-state index contributed by atoms with van der Waals surface area (Å²) in [6, 6.07) is 0. The number of hydrogen-bond acceptors (Lipinski definition) is 4. The van der Waals surface area contributed by atoms with Crippen molar-refractivity contribution in [3.8, 4) is 0 Å². The molecule has 7 heavy (non-hydrogen) atoms. The summed E-state index contributed by atoms with van der Waals surface area (Å²) >= 11 is 1.44. The lowest BCUT2D eigenvalue weighted by Gasteiger charge is -1.74. The van der Waals surface area contributed by atoms with Gasteiger partial charge in [-0.2, -0.15) is 4.98 Å². The van der Waals surface area contributed by atoms with Crippen molar-refractivity contribution in [2.24, 2.45) is 0 Å². The molecule has 1 aromatic rings. The molecule has 0 aliphatic heterocycles. The summed E-state index contributed by atoms with van der Waals surface area (Å²) in [5, 5.41) is 4.00. The number of aromatic nitrogens is 2. The molecule has 0 aliphatic carbocycles. The number of rotatable bonds is 1. The van der Waals surface area contributed by atoms with E-state index in [9.17, 15) is 0 Å². The molecule has 38 valence electrons. The Labute approximate surface area is 45.1 Å². The lowest BCUT2D eigenvalue weighted by atomic mass is 11.3. The van der Waals surface area contributed by atoms with E-state index < -0.39 is 0 Å². The van der Waals surface area contributed by atoms with Crippen LogP contribution in [0.5, 0.6) is 0 Å². The van der Waals surface area contributed by atoms with E-state index in [0.29, 0.717) is 5.22 Å². The maximum atomic E-state index is 4.58. The first kappa shape index (κ1) is 4.64. The Bertz CT molecular complexity index is 127. The minimum absolute atomic E-state index is 0.611. The molecule has 1 heterocycles. The average molecular weight is 116 g/mol. The summed E-state index contributed by atoms with van der Waals surface area (Å²) in [5.74, 6) is 0. The highest BCUT2D eigenvalue weighted by molar-refractivity contribution is 7.98. The largest absolute Gasteiger partial charge is 0.328 e. The van der Waals surface area contributed by atoms with Gasteiger partial charge in [0.1, 0.15) is 0 Å². The molecule has 0 aliphatic rings. The van der Waals surface area contributed by atoms with Crippen LogP contribution >= 0.6 is 11.8 Å². The Hall–Kier alpha value is -0.510. The third-order valence-electron chi connectivity index (χ3n) is 0.516. The van der Waals surface area contributed by atoms with Crippen molar-refractivity contribution in [3.05, 3.63) is 6.33 Å². The Balaban J connectivity index is 2.76. The highest BCUT2D eigenvalue weighted by Crippen LogP contribution is 2.06. The predicted molar refractivity (Wildman–Crippen MR) is 26.1 cm³/mol. The highest BCUT2D eigenvalue weighted by atomic mass is 32.2.